The van der Waals surface area contributed by atoms with Crippen molar-refractivity contribution in [2.45, 2.75) is 10.2 Å². The predicted octanol–water partition coefficient (Wildman–Crippen LogP) is 3.59. The summed E-state index contributed by atoms with van der Waals surface area (Å²) in [6, 6.07) is 0. The molecule has 0 aromatic carbocycles. The highest BCUT2D eigenvalue weighted by Crippen LogP contribution is 2.71. The molecule has 1 fully saturated rings. The van der Waals surface area contributed by atoms with Gasteiger partial charge in [-0.05, 0) is 5.92 Å². The summed E-state index contributed by atoms with van der Waals surface area (Å²) in [5, 5.41) is 0. The molecule has 1 atom stereocenters. The summed E-state index contributed by atoms with van der Waals surface area (Å²) in [4.78, 5) is 0. The molecule has 0 bridgehead atoms. The molecule has 10 heavy (non-hydrogen) atoms. The summed E-state index contributed by atoms with van der Waals surface area (Å²) in [6.45, 7) is 2.13. The summed E-state index contributed by atoms with van der Waals surface area (Å²) in [5.74, 6) is 1.72. The Morgan fingerprint density at radius 1 is 1.30 bits per heavy atom. The summed E-state index contributed by atoms with van der Waals surface area (Å²) < 4.78 is -0.0174. The second-order valence-electron chi connectivity index (χ2n) is 2.77. The fraction of sp³-hybridized carbons (Fsp3) is 1.00. The highest BCUT2D eigenvalue weighted by Gasteiger charge is 2.71. The van der Waals surface area contributed by atoms with Gasteiger partial charge in [0.05, 0.1) is 3.23 Å². The molecule has 0 radical (unpaired) electrons. The van der Waals surface area contributed by atoms with E-state index in [0.717, 1.165) is 0 Å². The minimum Gasteiger partial charge on any atom is -0.126 e. The molecule has 60 valence electrons. The van der Waals surface area contributed by atoms with E-state index < -0.39 is 0 Å². The quantitative estimate of drug-likeness (QED) is 0.684. The highest BCUT2D eigenvalue weighted by atomic mass is 79.9. The summed E-state index contributed by atoms with van der Waals surface area (Å²) in [6.07, 6.45) is 0. The second-order valence-corrected chi connectivity index (χ2v) is 6.87. The van der Waals surface area contributed by atoms with Crippen molar-refractivity contribution in [1.82, 2.24) is 0 Å². The van der Waals surface area contributed by atoms with Crippen LogP contribution in [0.2, 0.25) is 0 Å². The zero-order valence-electron chi connectivity index (χ0n) is 5.50. The van der Waals surface area contributed by atoms with Crippen molar-refractivity contribution in [1.29, 1.82) is 0 Å². The number of alkyl halides is 4. The van der Waals surface area contributed by atoms with Crippen molar-refractivity contribution in [3.63, 3.8) is 0 Å². The van der Waals surface area contributed by atoms with Crippen molar-refractivity contribution in [2.75, 3.05) is 11.8 Å². The molecule has 0 heterocycles. The van der Waals surface area contributed by atoms with E-state index in [2.05, 4.69) is 38.8 Å². The average molecular weight is 311 g/mol. The normalized spacial score (nSPS) is 33.9. The second kappa shape index (κ2) is 2.79. The smallest absolute Gasteiger partial charge is 0.0919 e. The fourth-order valence-electron chi connectivity index (χ4n) is 1.15. The molecule has 0 aliphatic heterocycles. The lowest BCUT2D eigenvalue weighted by Gasteiger charge is -2.09. The van der Waals surface area contributed by atoms with Gasteiger partial charge in [-0.15, -0.1) is 23.2 Å². The van der Waals surface area contributed by atoms with E-state index in [9.17, 15) is 0 Å². The molecule has 0 nitrogen and oxygen atoms in total. The molecule has 0 aromatic heterocycles. The third-order valence-corrected chi connectivity index (χ3v) is 6.34. The van der Waals surface area contributed by atoms with Crippen LogP contribution in [0.3, 0.4) is 0 Å². The van der Waals surface area contributed by atoms with Crippen molar-refractivity contribution in [3.8, 4) is 0 Å². The van der Waals surface area contributed by atoms with Crippen LogP contribution in [0.25, 0.3) is 0 Å². The summed E-state index contributed by atoms with van der Waals surface area (Å²) in [7, 11) is 0. The van der Waals surface area contributed by atoms with E-state index >= 15 is 0 Å². The number of rotatable bonds is 2. The van der Waals surface area contributed by atoms with Gasteiger partial charge in [0, 0.05) is 17.2 Å². The summed E-state index contributed by atoms with van der Waals surface area (Å²) in [5.41, 5.74) is 0.0517. The van der Waals surface area contributed by atoms with Crippen molar-refractivity contribution >= 4 is 55.1 Å². The lowest BCUT2D eigenvalue weighted by Crippen LogP contribution is -2.12. The molecule has 0 amide bonds. The maximum Gasteiger partial charge on any atom is 0.0919 e. The van der Waals surface area contributed by atoms with Gasteiger partial charge >= 0.3 is 0 Å². The van der Waals surface area contributed by atoms with E-state index in [1.54, 1.807) is 0 Å². The number of hydrogen-bond acceptors (Lipinski definition) is 0. The van der Waals surface area contributed by atoms with Gasteiger partial charge in [0.1, 0.15) is 0 Å². The van der Waals surface area contributed by atoms with Gasteiger partial charge in [-0.1, -0.05) is 38.8 Å². The molecule has 0 saturated heterocycles. The molecular formula is C6H8Br2Cl2. The molecule has 4 heteroatoms. The van der Waals surface area contributed by atoms with Crippen molar-refractivity contribution in [3.05, 3.63) is 0 Å². The van der Waals surface area contributed by atoms with Crippen LogP contribution < -0.4 is 0 Å². The lowest BCUT2D eigenvalue weighted by molar-refractivity contribution is 0.601. The zero-order valence-corrected chi connectivity index (χ0v) is 10.2. The van der Waals surface area contributed by atoms with E-state index in [0.29, 0.717) is 17.7 Å². The van der Waals surface area contributed by atoms with E-state index in [-0.39, 0.29) is 8.65 Å². The number of halogens is 4. The first-order valence-corrected chi connectivity index (χ1v) is 5.68. The standard InChI is InChI=1S/C6H8Br2Cl2/c1-4-5(2-9,3-10)6(4,7)8/h4H,2-3H2,1H3. The van der Waals surface area contributed by atoms with Gasteiger partial charge in [0.15, 0.2) is 0 Å². The Balaban J connectivity index is 2.73. The molecule has 0 spiro atoms. The monoisotopic (exact) mass is 308 g/mol. The Bertz CT molecular complexity index is 143. The van der Waals surface area contributed by atoms with Crippen LogP contribution in [0, 0.1) is 11.3 Å². The Kier molecular flexibility index (Phi) is 2.69. The third kappa shape index (κ3) is 0.988. The van der Waals surface area contributed by atoms with Crippen LogP contribution in [-0.4, -0.2) is 15.0 Å². The molecule has 1 rings (SSSR count). The first-order valence-electron chi connectivity index (χ1n) is 3.02. The van der Waals surface area contributed by atoms with Gasteiger partial charge in [0.2, 0.25) is 0 Å². The van der Waals surface area contributed by atoms with Crippen LogP contribution in [-0.2, 0) is 0 Å². The van der Waals surface area contributed by atoms with Gasteiger partial charge in [0.25, 0.3) is 0 Å². The predicted molar refractivity (Wildman–Crippen MR) is 53.6 cm³/mol. The Hall–Kier alpha value is 1.54. The maximum atomic E-state index is 5.79. The maximum absolute atomic E-state index is 5.79. The molecule has 0 aromatic rings. The Morgan fingerprint density at radius 2 is 1.60 bits per heavy atom. The van der Waals surface area contributed by atoms with E-state index in [4.69, 9.17) is 23.2 Å². The van der Waals surface area contributed by atoms with Crippen molar-refractivity contribution in [2.24, 2.45) is 11.3 Å². The first kappa shape index (κ1) is 9.63. The first-order chi connectivity index (χ1) is 4.53. The molecule has 1 saturated carbocycles. The van der Waals surface area contributed by atoms with Gasteiger partial charge in [-0.3, -0.25) is 0 Å². The molecule has 1 aliphatic rings. The largest absolute Gasteiger partial charge is 0.126 e. The molecule has 1 unspecified atom stereocenters. The van der Waals surface area contributed by atoms with Crippen LogP contribution >= 0.6 is 55.1 Å². The lowest BCUT2D eigenvalue weighted by atomic mass is 10.1. The zero-order chi connectivity index (χ0) is 7.99. The SMILES string of the molecule is CC1C(Br)(Br)C1(CCl)CCl. The summed E-state index contributed by atoms with van der Waals surface area (Å²) >= 11 is 18.7. The Labute approximate surface area is 87.9 Å². The van der Waals surface area contributed by atoms with Gasteiger partial charge < -0.3 is 0 Å². The van der Waals surface area contributed by atoms with Crippen LogP contribution in [0.15, 0.2) is 0 Å². The molecule has 1 aliphatic carbocycles. The molecular weight excluding hydrogens is 303 g/mol. The van der Waals surface area contributed by atoms with E-state index in [1.807, 2.05) is 0 Å². The van der Waals surface area contributed by atoms with Crippen LogP contribution in [0.1, 0.15) is 6.92 Å². The van der Waals surface area contributed by atoms with Crippen LogP contribution in [0.5, 0.6) is 0 Å². The van der Waals surface area contributed by atoms with Crippen LogP contribution in [0.4, 0.5) is 0 Å². The number of hydrogen-bond donors (Lipinski definition) is 0. The minimum absolute atomic E-state index is 0.0174. The average Bonchev–Trinajstić information content (AvgIpc) is 2.31. The Morgan fingerprint density at radius 3 is 1.60 bits per heavy atom. The molecule has 0 N–H and O–H groups in total. The highest BCUT2D eigenvalue weighted by molar-refractivity contribution is 9.25. The minimum atomic E-state index is -0.0174. The topological polar surface area (TPSA) is 0 Å². The van der Waals surface area contributed by atoms with Gasteiger partial charge in [-0.25, -0.2) is 0 Å². The van der Waals surface area contributed by atoms with Crippen molar-refractivity contribution < 1.29 is 0 Å². The fourth-order valence-corrected chi connectivity index (χ4v) is 4.86. The third-order valence-electron chi connectivity index (χ3n) is 2.43. The van der Waals surface area contributed by atoms with E-state index in [1.165, 1.54) is 0 Å². The van der Waals surface area contributed by atoms with Gasteiger partial charge in [-0.2, -0.15) is 0 Å².